The second-order valence-electron chi connectivity index (χ2n) is 11.5. The number of urea groups is 1. The number of carbonyl (C=O) groups excluding carboxylic acids is 1. The summed E-state index contributed by atoms with van der Waals surface area (Å²) in [7, 11) is 0. The number of carbonyl (C=O) groups is 1. The molecule has 0 bridgehead atoms. The van der Waals surface area contributed by atoms with Crippen LogP contribution in [-0.4, -0.2) is 57.8 Å². The molecule has 0 saturated carbocycles. The van der Waals surface area contributed by atoms with E-state index in [1.165, 1.54) is 29.2 Å². The van der Waals surface area contributed by atoms with Crippen molar-refractivity contribution in [3.05, 3.63) is 76.6 Å². The second kappa shape index (κ2) is 15.9. The highest BCUT2D eigenvalue weighted by atomic mass is 35.5. The standard InChI is InChI=1S/C33H42F5N5O.ClH/c1-5-7-17-41(32(44)42(18-8-6-2)31-14-11-26(34)21-30(31)35)27-15-19-40(20-16-27)22-29-23(3)39-43(24(29)4)28-12-9-25(10-13-28)33(36,37)38;/h9-14,21,27H,5-8,15-20,22H2,1-4H3;1H. The fourth-order valence-corrected chi connectivity index (χ4v) is 5.81. The van der Waals surface area contributed by atoms with Gasteiger partial charge >= 0.3 is 12.2 Å². The smallest absolute Gasteiger partial charge is 0.321 e. The van der Waals surface area contributed by atoms with E-state index in [0.29, 0.717) is 31.7 Å². The lowest BCUT2D eigenvalue weighted by Crippen LogP contribution is -2.52. The molecule has 12 heteroatoms. The van der Waals surface area contributed by atoms with Crippen molar-refractivity contribution in [1.29, 1.82) is 0 Å². The van der Waals surface area contributed by atoms with Crippen LogP contribution >= 0.6 is 12.4 Å². The molecule has 1 aliphatic heterocycles. The summed E-state index contributed by atoms with van der Waals surface area (Å²) in [4.78, 5) is 19.6. The van der Waals surface area contributed by atoms with Crippen molar-refractivity contribution in [3.8, 4) is 5.69 Å². The summed E-state index contributed by atoms with van der Waals surface area (Å²) in [5.41, 5.74) is 2.68. The summed E-state index contributed by atoms with van der Waals surface area (Å²) in [6.45, 7) is 10.9. The number of nitrogens with zero attached hydrogens (tertiary/aromatic N) is 5. The maximum absolute atomic E-state index is 14.8. The van der Waals surface area contributed by atoms with Crippen LogP contribution in [-0.2, 0) is 12.7 Å². The van der Waals surface area contributed by atoms with E-state index in [0.717, 1.165) is 80.3 Å². The number of aromatic nitrogens is 2. The van der Waals surface area contributed by atoms with Crippen LogP contribution in [0.25, 0.3) is 5.69 Å². The van der Waals surface area contributed by atoms with Crippen LogP contribution in [0.1, 0.15) is 74.9 Å². The first-order valence-electron chi connectivity index (χ1n) is 15.4. The molecule has 0 aliphatic carbocycles. The van der Waals surface area contributed by atoms with Gasteiger partial charge in [-0.25, -0.2) is 18.3 Å². The van der Waals surface area contributed by atoms with Crippen molar-refractivity contribution in [2.24, 2.45) is 0 Å². The van der Waals surface area contributed by atoms with Gasteiger partial charge in [0.2, 0.25) is 0 Å². The Bertz CT molecular complexity index is 1400. The van der Waals surface area contributed by atoms with Crippen LogP contribution in [0.2, 0.25) is 0 Å². The first-order valence-corrected chi connectivity index (χ1v) is 15.4. The van der Waals surface area contributed by atoms with Crippen molar-refractivity contribution in [1.82, 2.24) is 19.6 Å². The molecule has 0 N–H and O–H groups in total. The lowest BCUT2D eigenvalue weighted by molar-refractivity contribution is -0.137. The van der Waals surface area contributed by atoms with Gasteiger partial charge in [0.25, 0.3) is 0 Å². The third kappa shape index (κ3) is 8.76. The van der Waals surface area contributed by atoms with Crippen LogP contribution in [0.5, 0.6) is 0 Å². The zero-order valence-corrected chi connectivity index (χ0v) is 27.2. The number of hydrogen-bond acceptors (Lipinski definition) is 3. The Morgan fingerprint density at radius 1 is 0.956 bits per heavy atom. The fourth-order valence-electron chi connectivity index (χ4n) is 5.81. The number of anilines is 1. The number of aryl methyl sites for hydroxylation is 1. The van der Waals surface area contributed by atoms with Crippen molar-refractivity contribution in [2.75, 3.05) is 31.1 Å². The van der Waals surface area contributed by atoms with Gasteiger partial charge in [0.05, 0.1) is 22.6 Å². The third-order valence-corrected chi connectivity index (χ3v) is 8.42. The molecule has 2 heterocycles. The van der Waals surface area contributed by atoms with Gasteiger partial charge in [-0.05, 0) is 75.9 Å². The number of hydrogen-bond donors (Lipinski definition) is 0. The third-order valence-electron chi connectivity index (χ3n) is 8.42. The van der Waals surface area contributed by atoms with Gasteiger partial charge < -0.3 is 4.90 Å². The van der Waals surface area contributed by atoms with Gasteiger partial charge in [-0.2, -0.15) is 18.3 Å². The number of amides is 2. The summed E-state index contributed by atoms with van der Waals surface area (Å²) in [5, 5.41) is 4.62. The highest BCUT2D eigenvalue weighted by molar-refractivity contribution is 5.92. The van der Waals surface area contributed by atoms with Crippen LogP contribution in [0.3, 0.4) is 0 Å². The first-order chi connectivity index (χ1) is 20.9. The molecule has 0 unspecified atom stereocenters. The van der Waals surface area contributed by atoms with Crippen molar-refractivity contribution in [2.45, 2.75) is 85.0 Å². The molecule has 1 fully saturated rings. The average molecular weight is 656 g/mol. The minimum absolute atomic E-state index is 0. The van der Waals surface area contributed by atoms with Crippen molar-refractivity contribution in [3.63, 3.8) is 0 Å². The van der Waals surface area contributed by atoms with E-state index in [-0.39, 0.29) is 30.2 Å². The monoisotopic (exact) mass is 655 g/mol. The number of unbranched alkanes of at least 4 members (excludes halogenated alkanes) is 2. The maximum Gasteiger partial charge on any atom is 0.416 e. The lowest BCUT2D eigenvalue weighted by Gasteiger charge is -2.41. The second-order valence-corrected chi connectivity index (χ2v) is 11.5. The highest BCUT2D eigenvalue weighted by Gasteiger charge is 2.33. The molecule has 2 aromatic carbocycles. The molecule has 248 valence electrons. The minimum atomic E-state index is -4.40. The topological polar surface area (TPSA) is 44.6 Å². The number of piperidine rings is 1. The lowest BCUT2D eigenvalue weighted by atomic mass is 10.0. The zero-order chi connectivity index (χ0) is 32.0. The van der Waals surface area contributed by atoms with Crippen molar-refractivity contribution >= 4 is 24.1 Å². The number of benzene rings is 2. The predicted molar refractivity (Wildman–Crippen MR) is 169 cm³/mol. The summed E-state index contributed by atoms with van der Waals surface area (Å²) >= 11 is 0. The van der Waals surface area contributed by atoms with E-state index in [9.17, 15) is 26.7 Å². The minimum Gasteiger partial charge on any atom is -0.321 e. The van der Waals surface area contributed by atoms with Gasteiger partial charge in [-0.3, -0.25) is 9.80 Å². The molecule has 4 rings (SSSR count). The van der Waals surface area contributed by atoms with Gasteiger partial charge in [0, 0.05) is 56.1 Å². The molecule has 6 nitrogen and oxygen atoms in total. The van der Waals surface area contributed by atoms with E-state index in [1.54, 1.807) is 4.68 Å². The van der Waals surface area contributed by atoms with Gasteiger partial charge in [-0.15, -0.1) is 12.4 Å². The van der Waals surface area contributed by atoms with Gasteiger partial charge in [0.15, 0.2) is 0 Å². The van der Waals surface area contributed by atoms with E-state index in [2.05, 4.69) is 16.9 Å². The van der Waals surface area contributed by atoms with E-state index in [4.69, 9.17) is 0 Å². The Morgan fingerprint density at radius 2 is 1.58 bits per heavy atom. The molecule has 0 radical (unpaired) electrons. The number of halogens is 6. The van der Waals surface area contributed by atoms with E-state index >= 15 is 0 Å². The molecular weight excluding hydrogens is 613 g/mol. The molecule has 1 saturated heterocycles. The van der Waals surface area contributed by atoms with E-state index < -0.39 is 23.4 Å². The highest BCUT2D eigenvalue weighted by Crippen LogP contribution is 2.31. The van der Waals surface area contributed by atoms with Gasteiger partial charge in [-0.1, -0.05) is 26.7 Å². The van der Waals surface area contributed by atoms with Crippen LogP contribution in [0, 0.1) is 25.5 Å². The molecule has 2 amide bonds. The molecular formula is C33H43ClF5N5O. The van der Waals surface area contributed by atoms with E-state index in [1.807, 2.05) is 25.7 Å². The van der Waals surface area contributed by atoms with Crippen LogP contribution in [0.4, 0.5) is 32.4 Å². The number of likely N-dealkylation sites (tertiary alicyclic amines) is 1. The first kappa shape index (κ1) is 36.3. The molecule has 0 spiro atoms. The Kier molecular flexibility index (Phi) is 12.8. The average Bonchev–Trinajstić information content (AvgIpc) is 3.27. The van der Waals surface area contributed by atoms with Gasteiger partial charge in [0.1, 0.15) is 11.6 Å². The Balaban J connectivity index is 0.00000552. The quantitative estimate of drug-likeness (QED) is 0.194. The Morgan fingerprint density at radius 3 is 2.16 bits per heavy atom. The number of alkyl halides is 3. The molecule has 1 aliphatic rings. The predicted octanol–water partition coefficient (Wildman–Crippen LogP) is 8.70. The number of rotatable bonds is 11. The maximum atomic E-state index is 14.8. The van der Waals surface area contributed by atoms with Crippen molar-refractivity contribution < 1.29 is 26.7 Å². The molecule has 45 heavy (non-hydrogen) atoms. The fraction of sp³-hybridized carbons (Fsp3) is 0.515. The molecule has 3 aromatic rings. The molecule has 0 atom stereocenters. The Labute approximate surface area is 268 Å². The SMILES string of the molecule is CCCCN(C(=O)N(CCCC)C1CCN(Cc2c(C)nn(-c3ccc(C(F)(F)F)cc3)c2C)CC1)c1ccc(F)cc1F.Cl. The largest absolute Gasteiger partial charge is 0.416 e. The van der Waals surface area contributed by atoms with Crippen LogP contribution < -0.4 is 4.90 Å². The van der Waals surface area contributed by atoms with Crippen LogP contribution in [0.15, 0.2) is 42.5 Å². The zero-order valence-electron chi connectivity index (χ0n) is 26.3. The summed E-state index contributed by atoms with van der Waals surface area (Å²) in [6.07, 6.45) is 0.343. The summed E-state index contributed by atoms with van der Waals surface area (Å²) in [5.74, 6) is -1.43. The normalized spacial score (nSPS) is 14.3. The Hall–Kier alpha value is -3.18. The summed E-state index contributed by atoms with van der Waals surface area (Å²) < 4.78 is 69.3. The molecule has 1 aromatic heterocycles. The summed E-state index contributed by atoms with van der Waals surface area (Å²) in [6, 6.07) is 8.07.